The molecule has 13 heteroatoms. The number of thiazole rings is 1. The molecule has 0 unspecified atom stereocenters. The van der Waals surface area contributed by atoms with Gasteiger partial charge < -0.3 is 4.74 Å². The Balaban J connectivity index is 1.36. The fourth-order valence-corrected chi connectivity index (χ4v) is 4.97. The van der Waals surface area contributed by atoms with Crippen LogP contribution in [0.15, 0.2) is 81.1 Å². The van der Waals surface area contributed by atoms with E-state index in [-0.39, 0.29) is 23.7 Å². The number of aromatic nitrogens is 1. The minimum absolute atomic E-state index is 0.0926. The summed E-state index contributed by atoms with van der Waals surface area (Å²) in [6, 6.07) is 17.5. The van der Waals surface area contributed by atoms with E-state index in [2.05, 4.69) is 15.5 Å². The maximum Gasteiger partial charge on any atom is 0.283 e. The number of rotatable bonds is 9. The molecule has 0 bridgehead atoms. The first-order valence-corrected chi connectivity index (χ1v) is 11.5. The molecular weight excluding hydrogens is 494 g/mol. The Labute approximate surface area is 205 Å². The molecule has 3 aromatic carbocycles. The summed E-state index contributed by atoms with van der Waals surface area (Å²) in [7, 11) is 0. The van der Waals surface area contributed by atoms with Crippen LogP contribution in [-0.4, -0.2) is 33.6 Å². The number of nitrogens with one attached hydrogen (secondary N) is 1. The Morgan fingerprint density at radius 3 is 2.57 bits per heavy atom. The maximum absolute atomic E-state index is 11.9. The van der Waals surface area contributed by atoms with Crippen LogP contribution in [0.3, 0.4) is 0 Å². The number of amides is 1. The highest BCUT2D eigenvalue weighted by molar-refractivity contribution is 8.01. The van der Waals surface area contributed by atoms with Crippen molar-refractivity contribution in [3.63, 3.8) is 0 Å². The number of hydrogen-bond donors (Lipinski definition) is 1. The fourth-order valence-electron chi connectivity index (χ4n) is 2.86. The van der Waals surface area contributed by atoms with Crippen molar-refractivity contribution in [2.75, 3.05) is 6.61 Å². The largest absolute Gasteiger partial charge is 0.484 e. The van der Waals surface area contributed by atoms with E-state index in [1.54, 1.807) is 12.1 Å². The second-order valence-electron chi connectivity index (χ2n) is 6.87. The Morgan fingerprint density at radius 1 is 1.09 bits per heavy atom. The molecule has 4 aromatic rings. The van der Waals surface area contributed by atoms with Gasteiger partial charge in [-0.1, -0.05) is 30.0 Å². The number of carbonyl (C=O) groups excluding carboxylic acids is 1. The number of nitrogens with zero attached hydrogens (tertiary/aromatic N) is 4. The number of fused-ring (bicyclic) bond motifs is 1. The van der Waals surface area contributed by atoms with Gasteiger partial charge in [-0.25, -0.2) is 10.4 Å². The van der Waals surface area contributed by atoms with E-state index in [9.17, 15) is 25.0 Å². The molecule has 0 spiro atoms. The SMILES string of the molecule is O=C(COc1ccc([N+](=O)[O-])cc1)N/N=C\c1ccc(Sc2nc3ccccc3s2)c([N+](=O)[O-])c1. The Hall–Kier alpha value is -4.36. The van der Waals surface area contributed by atoms with E-state index in [1.807, 2.05) is 24.3 Å². The molecule has 0 saturated carbocycles. The molecule has 0 aliphatic carbocycles. The van der Waals surface area contributed by atoms with Gasteiger partial charge in [-0.3, -0.25) is 25.0 Å². The summed E-state index contributed by atoms with van der Waals surface area (Å²) in [6.07, 6.45) is 1.28. The molecule has 1 heterocycles. The number of nitro groups is 2. The molecule has 35 heavy (non-hydrogen) atoms. The van der Waals surface area contributed by atoms with Gasteiger partial charge in [0.15, 0.2) is 10.9 Å². The first-order valence-electron chi connectivity index (χ1n) is 9.90. The van der Waals surface area contributed by atoms with Crippen molar-refractivity contribution in [1.29, 1.82) is 0 Å². The van der Waals surface area contributed by atoms with Crippen molar-refractivity contribution in [1.82, 2.24) is 10.4 Å². The topological polar surface area (TPSA) is 150 Å². The van der Waals surface area contributed by atoms with Gasteiger partial charge >= 0.3 is 0 Å². The lowest BCUT2D eigenvalue weighted by Crippen LogP contribution is -2.24. The molecule has 11 nitrogen and oxygen atoms in total. The van der Waals surface area contributed by atoms with Crippen LogP contribution in [0.2, 0.25) is 0 Å². The van der Waals surface area contributed by atoms with Gasteiger partial charge in [0, 0.05) is 23.8 Å². The van der Waals surface area contributed by atoms with Gasteiger partial charge in [-0.05, 0) is 30.3 Å². The van der Waals surface area contributed by atoms with Gasteiger partial charge in [0.1, 0.15) is 5.75 Å². The molecule has 0 aliphatic heterocycles. The second kappa shape index (κ2) is 10.7. The third-order valence-corrected chi connectivity index (χ3v) is 6.63. The van der Waals surface area contributed by atoms with E-state index < -0.39 is 15.8 Å². The minimum atomic E-state index is -0.572. The summed E-state index contributed by atoms with van der Waals surface area (Å²) in [4.78, 5) is 38.1. The zero-order valence-electron chi connectivity index (χ0n) is 17.7. The predicted octanol–water partition coefficient (Wildman–Crippen LogP) is 4.79. The zero-order valence-corrected chi connectivity index (χ0v) is 19.3. The third kappa shape index (κ3) is 6.16. The molecule has 1 N–H and O–H groups in total. The van der Waals surface area contributed by atoms with Crippen LogP contribution in [0.1, 0.15) is 5.56 Å². The van der Waals surface area contributed by atoms with Gasteiger partial charge in [-0.2, -0.15) is 5.10 Å². The summed E-state index contributed by atoms with van der Waals surface area (Å²) < 4.78 is 6.93. The number of nitro benzene ring substituents is 2. The van der Waals surface area contributed by atoms with Crippen LogP contribution < -0.4 is 10.2 Å². The van der Waals surface area contributed by atoms with Gasteiger partial charge in [0.2, 0.25) is 0 Å². The van der Waals surface area contributed by atoms with Crippen LogP contribution >= 0.6 is 23.1 Å². The van der Waals surface area contributed by atoms with Crippen molar-refractivity contribution in [2.45, 2.75) is 9.24 Å². The minimum Gasteiger partial charge on any atom is -0.484 e. The van der Waals surface area contributed by atoms with Crippen LogP contribution in [-0.2, 0) is 4.79 Å². The number of ether oxygens (including phenoxy) is 1. The van der Waals surface area contributed by atoms with Crippen LogP contribution in [0.5, 0.6) is 5.75 Å². The van der Waals surface area contributed by atoms with E-state index in [1.165, 1.54) is 59.6 Å². The van der Waals surface area contributed by atoms with E-state index in [0.717, 1.165) is 10.2 Å². The molecule has 0 fully saturated rings. The van der Waals surface area contributed by atoms with Gasteiger partial charge in [-0.15, -0.1) is 11.3 Å². The van der Waals surface area contributed by atoms with Gasteiger partial charge in [0.25, 0.3) is 17.3 Å². The molecule has 0 saturated heterocycles. The molecule has 176 valence electrons. The molecule has 1 amide bonds. The summed E-state index contributed by atoms with van der Waals surface area (Å²) in [5.74, 6) is -0.288. The zero-order chi connectivity index (χ0) is 24.8. The standard InChI is InChI=1S/C22H15N5O6S2/c28-21(13-33-16-8-6-15(7-9-16)26(29)30)25-23-12-14-5-10-20(18(11-14)27(31)32)35-22-24-17-3-1-2-4-19(17)34-22/h1-12H,13H2,(H,25,28)/b23-12-. The summed E-state index contributed by atoms with van der Waals surface area (Å²) in [5, 5.41) is 26.1. The number of hydrogen-bond acceptors (Lipinski definition) is 10. The smallest absolute Gasteiger partial charge is 0.283 e. The fraction of sp³-hybridized carbons (Fsp3) is 0.0455. The number of hydrazone groups is 1. The van der Waals surface area contributed by atoms with E-state index >= 15 is 0 Å². The first-order chi connectivity index (χ1) is 16.9. The summed E-state index contributed by atoms with van der Waals surface area (Å²) >= 11 is 2.66. The molecule has 0 aliphatic rings. The average molecular weight is 510 g/mol. The average Bonchev–Trinajstić information content (AvgIpc) is 3.26. The maximum atomic E-state index is 11.9. The second-order valence-corrected chi connectivity index (χ2v) is 9.19. The highest BCUT2D eigenvalue weighted by Gasteiger charge is 2.17. The monoisotopic (exact) mass is 509 g/mol. The number of para-hydroxylation sites is 1. The Bertz CT molecular complexity index is 1410. The normalized spacial score (nSPS) is 11.0. The van der Waals surface area contributed by atoms with Crippen LogP contribution in [0.25, 0.3) is 10.2 Å². The van der Waals surface area contributed by atoms with Crippen molar-refractivity contribution < 1.29 is 19.4 Å². The summed E-state index contributed by atoms with van der Waals surface area (Å²) in [5.41, 5.74) is 3.32. The lowest BCUT2D eigenvalue weighted by Gasteiger charge is -2.04. The van der Waals surface area contributed by atoms with E-state index in [0.29, 0.717) is 14.8 Å². The van der Waals surface area contributed by atoms with Crippen molar-refractivity contribution >= 4 is 56.8 Å². The van der Waals surface area contributed by atoms with Crippen molar-refractivity contribution in [3.05, 3.63) is 92.5 Å². The van der Waals surface area contributed by atoms with E-state index in [4.69, 9.17) is 4.74 Å². The molecule has 0 atom stereocenters. The molecule has 4 rings (SSSR count). The number of non-ortho nitro benzene ring substituents is 1. The van der Waals surface area contributed by atoms with Crippen LogP contribution in [0, 0.1) is 20.2 Å². The van der Waals surface area contributed by atoms with Crippen molar-refractivity contribution in [2.24, 2.45) is 5.10 Å². The first kappa shape index (κ1) is 23.8. The van der Waals surface area contributed by atoms with Crippen LogP contribution in [0.4, 0.5) is 11.4 Å². The van der Waals surface area contributed by atoms with Crippen molar-refractivity contribution in [3.8, 4) is 5.75 Å². The third-order valence-electron chi connectivity index (χ3n) is 4.47. The Kier molecular flexibility index (Phi) is 7.28. The summed E-state index contributed by atoms with van der Waals surface area (Å²) in [6.45, 7) is -0.368. The quantitative estimate of drug-likeness (QED) is 0.192. The highest BCUT2D eigenvalue weighted by Crippen LogP contribution is 2.38. The number of carbonyl (C=O) groups is 1. The molecular formula is C22H15N5O6S2. The predicted molar refractivity (Wildman–Crippen MR) is 131 cm³/mol. The molecule has 0 radical (unpaired) electrons. The highest BCUT2D eigenvalue weighted by atomic mass is 32.2. The van der Waals surface area contributed by atoms with Gasteiger partial charge in [0.05, 0.1) is 31.2 Å². The Morgan fingerprint density at radius 2 is 1.86 bits per heavy atom. The molecule has 1 aromatic heterocycles. The lowest BCUT2D eigenvalue weighted by atomic mass is 10.2. The lowest BCUT2D eigenvalue weighted by molar-refractivity contribution is -0.387. The number of benzene rings is 3.